The molecule has 0 aromatic heterocycles. The van der Waals surface area contributed by atoms with E-state index < -0.39 is 0 Å². The van der Waals surface area contributed by atoms with E-state index in [2.05, 4.69) is 0 Å². The van der Waals surface area contributed by atoms with Gasteiger partial charge in [-0.15, -0.1) is 0 Å². The molecule has 0 aromatic carbocycles. The molecule has 0 spiro atoms. The van der Waals surface area contributed by atoms with Crippen LogP contribution in [0.3, 0.4) is 0 Å². The quantitative estimate of drug-likeness (QED) is 0.663. The molecule has 0 aliphatic rings. The fraction of sp³-hybridized carbons (Fsp3) is 0.667. The van der Waals surface area contributed by atoms with E-state index in [1.807, 2.05) is 0 Å². The third kappa shape index (κ3) is 1850. The highest BCUT2D eigenvalue weighted by Gasteiger charge is 1.64. The lowest BCUT2D eigenvalue weighted by Gasteiger charge is -1.56. The molecule has 24 heavy (non-hydrogen) atoms. The molecule has 0 saturated carbocycles. The molecule has 0 heterocycles. The highest BCUT2D eigenvalue weighted by atomic mass is 16.1. The van der Waals surface area contributed by atoms with Crippen molar-refractivity contribution in [2.75, 3.05) is 0 Å². The lowest BCUT2D eigenvalue weighted by atomic mass is 10.6. The topological polar surface area (TPSA) is 102 Å². The molecule has 0 atom stereocenters. The highest BCUT2D eigenvalue weighted by molar-refractivity contribution is 5.73. The second-order valence-electron chi connectivity index (χ2n) is 5.45. The first kappa shape index (κ1) is 37.9. The van der Waals surface area contributed by atoms with Crippen molar-refractivity contribution in [3.63, 3.8) is 0 Å². The molecule has 0 aromatic rings. The second-order valence-corrected chi connectivity index (χ2v) is 5.45. The van der Waals surface area contributed by atoms with Crippen LogP contribution in [0.1, 0.15) is 83.1 Å². The van der Waals surface area contributed by atoms with Gasteiger partial charge < -0.3 is 28.8 Å². The molecule has 0 saturated heterocycles. The van der Waals surface area contributed by atoms with Crippen molar-refractivity contribution in [1.29, 1.82) is 0 Å². The van der Waals surface area contributed by atoms with Gasteiger partial charge in [-0.1, -0.05) is 0 Å². The van der Waals surface area contributed by atoms with E-state index in [0.29, 0.717) is 0 Å². The summed E-state index contributed by atoms with van der Waals surface area (Å²) in [5, 5.41) is 0. The van der Waals surface area contributed by atoms with E-state index >= 15 is 0 Å². The van der Waals surface area contributed by atoms with E-state index in [4.69, 9.17) is 0 Å². The normalized spacial score (nSPS) is 6.50. The van der Waals surface area contributed by atoms with Crippen LogP contribution in [0, 0.1) is 0 Å². The van der Waals surface area contributed by atoms with E-state index in [1.165, 1.54) is 83.1 Å². The summed E-state index contributed by atoms with van der Waals surface area (Å²) in [5.41, 5.74) is 0. The monoisotopic (exact) mass is 348 g/mol. The van der Waals surface area contributed by atoms with Gasteiger partial charge >= 0.3 is 0 Å². The first-order valence-corrected chi connectivity index (χ1v) is 7.22. The summed E-state index contributed by atoms with van der Waals surface area (Å²) in [6.45, 7) is 18.3. The van der Waals surface area contributed by atoms with Crippen LogP contribution < -0.4 is 0 Å². The molecule has 0 aliphatic carbocycles. The highest BCUT2D eigenvalue weighted by Crippen LogP contribution is 1.52. The van der Waals surface area contributed by atoms with Gasteiger partial charge in [0.2, 0.25) is 0 Å². The van der Waals surface area contributed by atoms with Gasteiger partial charge in [0.1, 0.15) is 34.7 Å². The minimum Gasteiger partial charge on any atom is -0.300 e. The van der Waals surface area contributed by atoms with Crippen molar-refractivity contribution in [2.45, 2.75) is 83.1 Å². The summed E-state index contributed by atoms with van der Waals surface area (Å²) in [5.74, 6) is 1.00. The van der Waals surface area contributed by atoms with E-state index in [0.717, 1.165) is 0 Å². The molecule has 144 valence electrons. The molecule has 0 aliphatic heterocycles. The SMILES string of the molecule is CC(C)=O.CC(C)=O.CC(C)=O.CC(C)=O.CC(C)=O.CC(C)=O. The van der Waals surface area contributed by atoms with Gasteiger partial charge in [0, 0.05) is 0 Å². The fourth-order valence-corrected chi connectivity index (χ4v) is 0. The molecule has 0 rings (SSSR count). The van der Waals surface area contributed by atoms with Crippen LogP contribution in [0.2, 0.25) is 0 Å². The Morgan fingerprint density at radius 1 is 0.250 bits per heavy atom. The predicted molar refractivity (Wildman–Crippen MR) is 98.1 cm³/mol. The maximum absolute atomic E-state index is 9.44. The van der Waals surface area contributed by atoms with Gasteiger partial charge in [-0.05, 0) is 83.1 Å². The van der Waals surface area contributed by atoms with Crippen LogP contribution in [-0.2, 0) is 28.8 Å². The fourth-order valence-electron chi connectivity index (χ4n) is 0. The number of hydrogen-bond acceptors (Lipinski definition) is 6. The van der Waals surface area contributed by atoms with Crippen molar-refractivity contribution >= 4 is 34.7 Å². The zero-order chi connectivity index (χ0) is 21.5. The van der Waals surface area contributed by atoms with Crippen LogP contribution in [0.25, 0.3) is 0 Å². The summed E-state index contributed by atoms with van der Waals surface area (Å²) in [4.78, 5) is 56.7. The van der Waals surface area contributed by atoms with Crippen LogP contribution >= 0.6 is 0 Å². The van der Waals surface area contributed by atoms with E-state index in [1.54, 1.807) is 0 Å². The van der Waals surface area contributed by atoms with Crippen molar-refractivity contribution in [3.8, 4) is 0 Å². The zero-order valence-electron chi connectivity index (χ0n) is 17.4. The van der Waals surface area contributed by atoms with Gasteiger partial charge in [-0.2, -0.15) is 0 Å². The molecular weight excluding hydrogens is 312 g/mol. The standard InChI is InChI=1S/6C3H6O/c6*1-3(2)4/h6*1-2H3. The third-order valence-corrected chi connectivity index (χ3v) is 0. The first-order valence-electron chi connectivity index (χ1n) is 7.22. The van der Waals surface area contributed by atoms with Gasteiger partial charge in [-0.3, -0.25) is 0 Å². The van der Waals surface area contributed by atoms with E-state index in [9.17, 15) is 28.8 Å². The number of Topliss-reactive ketones (excluding diaryl/α,β-unsaturated/α-hetero) is 6. The molecule has 6 nitrogen and oxygen atoms in total. The average molecular weight is 348 g/mol. The van der Waals surface area contributed by atoms with Crippen LogP contribution in [0.5, 0.6) is 0 Å². The Balaban J connectivity index is -0.0000000405. The molecule has 0 N–H and O–H groups in total. The van der Waals surface area contributed by atoms with Crippen molar-refractivity contribution in [1.82, 2.24) is 0 Å². The Morgan fingerprint density at radius 2 is 0.250 bits per heavy atom. The molecular formula is C18H36O6. The van der Waals surface area contributed by atoms with Crippen molar-refractivity contribution in [3.05, 3.63) is 0 Å². The molecule has 0 unspecified atom stereocenters. The molecule has 0 radical (unpaired) electrons. The van der Waals surface area contributed by atoms with E-state index in [-0.39, 0.29) is 34.7 Å². The Kier molecular flexibility index (Phi) is 51.9. The molecule has 0 fully saturated rings. The number of hydrogen-bond donors (Lipinski definition) is 0. The number of ketones is 6. The minimum absolute atomic E-state index is 0.167. The van der Waals surface area contributed by atoms with Crippen molar-refractivity contribution < 1.29 is 28.8 Å². The smallest absolute Gasteiger partial charge is 0.126 e. The van der Waals surface area contributed by atoms with Crippen LogP contribution in [0.15, 0.2) is 0 Å². The van der Waals surface area contributed by atoms with Crippen molar-refractivity contribution in [2.24, 2.45) is 0 Å². The summed E-state index contributed by atoms with van der Waals surface area (Å²) >= 11 is 0. The van der Waals surface area contributed by atoms with Crippen LogP contribution in [0.4, 0.5) is 0 Å². The third-order valence-electron chi connectivity index (χ3n) is 0. The summed E-state index contributed by atoms with van der Waals surface area (Å²) in [7, 11) is 0. The maximum atomic E-state index is 9.44. The molecule has 0 amide bonds. The summed E-state index contributed by atoms with van der Waals surface area (Å²) < 4.78 is 0. The predicted octanol–water partition coefficient (Wildman–Crippen LogP) is 3.57. The van der Waals surface area contributed by atoms with Gasteiger partial charge in [-0.25, -0.2) is 0 Å². The Hall–Kier alpha value is -1.98. The first-order chi connectivity index (χ1) is 10.4. The van der Waals surface area contributed by atoms with Gasteiger partial charge in [0.25, 0.3) is 0 Å². The second kappa shape index (κ2) is 32.8. The van der Waals surface area contributed by atoms with Crippen LogP contribution in [-0.4, -0.2) is 34.7 Å². The summed E-state index contributed by atoms with van der Waals surface area (Å²) in [6, 6.07) is 0. The molecule has 6 heteroatoms. The number of carbonyl (C=O) groups is 6. The number of rotatable bonds is 0. The Morgan fingerprint density at radius 3 is 0.250 bits per heavy atom. The molecule has 0 bridgehead atoms. The number of carbonyl (C=O) groups excluding carboxylic acids is 6. The Bertz CT molecular complexity index is 251. The zero-order valence-corrected chi connectivity index (χ0v) is 17.4. The Labute approximate surface area is 147 Å². The largest absolute Gasteiger partial charge is 0.300 e. The lowest BCUT2D eigenvalue weighted by molar-refractivity contribution is -0.115. The minimum atomic E-state index is 0.167. The maximum Gasteiger partial charge on any atom is 0.126 e. The van der Waals surface area contributed by atoms with Gasteiger partial charge in [0.05, 0.1) is 0 Å². The lowest BCUT2D eigenvalue weighted by Crippen LogP contribution is -1.69. The average Bonchev–Trinajstić information content (AvgIpc) is 2.08. The summed E-state index contributed by atoms with van der Waals surface area (Å²) in [6.07, 6.45) is 0. The van der Waals surface area contributed by atoms with Gasteiger partial charge in [0.15, 0.2) is 0 Å².